The van der Waals surface area contributed by atoms with E-state index in [1.54, 1.807) is 0 Å². The highest BCUT2D eigenvalue weighted by atomic mass is 16.2. The summed E-state index contributed by atoms with van der Waals surface area (Å²) in [6, 6.07) is 19.8. The maximum absolute atomic E-state index is 13.4. The van der Waals surface area contributed by atoms with Crippen LogP contribution < -0.4 is 5.73 Å². The lowest BCUT2D eigenvalue weighted by Gasteiger charge is -2.42. The highest BCUT2D eigenvalue weighted by molar-refractivity contribution is 5.85. The Balaban J connectivity index is 1.67. The lowest BCUT2D eigenvalue weighted by molar-refractivity contribution is -0.148. The number of piperidine rings is 1. The molecular formula is C23H27N3O2. The zero-order chi connectivity index (χ0) is 19.5. The zero-order valence-electron chi connectivity index (χ0n) is 16.0. The highest BCUT2D eigenvalue weighted by Gasteiger charge is 2.42. The molecule has 0 aliphatic carbocycles. The molecule has 3 atom stereocenters. The molecule has 2 amide bonds. The molecule has 2 saturated heterocycles. The fourth-order valence-electron chi connectivity index (χ4n) is 4.46. The molecule has 5 heteroatoms. The minimum absolute atomic E-state index is 0.0600. The van der Waals surface area contributed by atoms with Crippen molar-refractivity contribution in [2.45, 2.75) is 37.9 Å². The monoisotopic (exact) mass is 377 g/mol. The molecule has 0 bridgehead atoms. The van der Waals surface area contributed by atoms with Gasteiger partial charge in [0.1, 0.15) is 0 Å². The molecule has 0 radical (unpaired) electrons. The van der Waals surface area contributed by atoms with Crippen LogP contribution in [0.2, 0.25) is 0 Å². The van der Waals surface area contributed by atoms with E-state index in [4.69, 9.17) is 5.73 Å². The van der Waals surface area contributed by atoms with Crippen molar-refractivity contribution in [3.8, 4) is 0 Å². The van der Waals surface area contributed by atoms with Gasteiger partial charge in [-0.05, 0) is 24.0 Å². The largest absolute Gasteiger partial charge is 0.341 e. The van der Waals surface area contributed by atoms with Gasteiger partial charge in [0, 0.05) is 32.1 Å². The molecule has 2 aromatic rings. The number of nitrogens with zero attached hydrogens (tertiary/aromatic N) is 2. The Morgan fingerprint density at radius 2 is 1.68 bits per heavy atom. The quantitative estimate of drug-likeness (QED) is 0.891. The molecule has 0 spiro atoms. The fraction of sp³-hybridized carbons (Fsp3) is 0.391. The van der Waals surface area contributed by atoms with E-state index in [2.05, 4.69) is 0 Å². The summed E-state index contributed by atoms with van der Waals surface area (Å²) in [6.07, 6.45) is 1.85. The Hall–Kier alpha value is -2.66. The Labute approximate surface area is 166 Å². The first-order chi connectivity index (χ1) is 13.6. The van der Waals surface area contributed by atoms with E-state index in [9.17, 15) is 9.59 Å². The van der Waals surface area contributed by atoms with Gasteiger partial charge in [0.2, 0.25) is 11.8 Å². The molecule has 2 aliphatic rings. The molecule has 28 heavy (non-hydrogen) atoms. The summed E-state index contributed by atoms with van der Waals surface area (Å²) in [6.45, 7) is 1.84. The average Bonchev–Trinajstić information content (AvgIpc) is 3.16. The summed E-state index contributed by atoms with van der Waals surface area (Å²) < 4.78 is 0. The van der Waals surface area contributed by atoms with Gasteiger partial charge in [0.25, 0.3) is 0 Å². The molecule has 2 fully saturated rings. The number of rotatable bonds is 4. The van der Waals surface area contributed by atoms with Crippen molar-refractivity contribution in [1.82, 2.24) is 9.80 Å². The molecule has 5 nitrogen and oxygen atoms in total. The third-order valence-corrected chi connectivity index (χ3v) is 5.90. The van der Waals surface area contributed by atoms with Crippen LogP contribution in [0.3, 0.4) is 0 Å². The number of likely N-dealkylation sites (tertiary alicyclic amines) is 2. The number of hydrogen-bond acceptors (Lipinski definition) is 3. The van der Waals surface area contributed by atoms with Gasteiger partial charge in [-0.25, -0.2) is 0 Å². The Morgan fingerprint density at radius 1 is 1.00 bits per heavy atom. The van der Waals surface area contributed by atoms with Crippen molar-refractivity contribution in [2.24, 2.45) is 11.7 Å². The highest BCUT2D eigenvalue weighted by Crippen LogP contribution is 2.39. The number of hydrogen-bond donors (Lipinski definition) is 1. The summed E-state index contributed by atoms with van der Waals surface area (Å²) in [5.41, 5.74) is 8.13. The van der Waals surface area contributed by atoms with Crippen molar-refractivity contribution in [3.63, 3.8) is 0 Å². The summed E-state index contributed by atoms with van der Waals surface area (Å²) >= 11 is 0. The van der Waals surface area contributed by atoms with Crippen LogP contribution >= 0.6 is 0 Å². The van der Waals surface area contributed by atoms with E-state index in [1.807, 2.05) is 70.5 Å². The van der Waals surface area contributed by atoms with E-state index in [0.717, 1.165) is 17.5 Å². The number of nitrogens with two attached hydrogens (primary N) is 1. The van der Waals surface area contributed by atoms with Gasteiger partial charge < -0.3 is 15.5 Å². The van der Waals surface area contributed by atoms with Crippen LogP contribution in [0.5, 0.6) is 0 Å². The Morgan fingerprint density at radius 3 is 2.32 bits per heavy atom. The molecule has 2 unspecified atom stereocenters. The molecule has 2 heterocycles. The summed E-state index contributed by atoms with van der Waals surface area (Å²) in [5.74, 6) is 0.0151. The third kappa shape index (κ3) is 3.80. The normalized spacial score (nSPS) is 25.2. The van der Waals surface area contributed by atoms with Crippen molar-refractivity contribution in [1.29, 1.82) is 0 Å². The van der Waals surface area contributed by atoms with Crippen molar-refractivity contribution in [2.75, 3.05) is 13.1 Å². The summed E-state index contributed by atoms with van der Waals surface area (Å²) in [4.78, 5) is 30.1. The van der Waals surface area contributed by atoms with Gasteiger partial charge in [0.15, 0.2) is 0 Å². The average molecular weight is 377 g/mol. The van der Waals surface area contributed by atoms with Crippen molar-refractivity contribution in [3.05, 3.63) is 71.8 Å². The van der Waals surface area contributed by atoms with Gasteiger partial charge in [-0.15, -0.1) is 0 Å². The van der Waals surface area contributed by atoms with Crippen LogP contribution in [-0.2, 0) is 16.1 Å². The molecule has 146 valence electrons. The van der Waals surface area contributed by atoms with Gasteiger partial charge in [-0.3, -0.25) is 9.59 Å². The first-order valence-electron chi connectivity index (χ1n) is 10.1. The van der Waals surface area contributed by atoms with E-state index < -0.39 is 0 Å². The molecule has 0 aromatic heterocycles. The number of carbonyl (C=O) groups excluding carboxylic acids is 2. The maximum atomic E-state index is 13.4. The van der Waals surface area contributed by atoms with E-state index in [0.29, 0.717) is 32.5 Å². The fourth-order valence-corrected chi connectivity index (χ4v) is 4.46. The van der Waals surface area contributed by atoms with E-state index in [1.165, 1.54) is 0 Å². The van der Waals surface area contributed by atoms with Crippen LogP contribution in [0.15, 0.2) is 60.7 Å². The predicted octanol–water partition coefficient (Wildman–Crippen LogP) is 2.73. The zero-order valence-corrected chi connectivity index (χ0v) is 16.0. The molecule has 0 saturated carbocycles. The second kappa shape index (κ2) is 8.15. The molecule has 2 aromatic carbocycles. The van der Waals surface area contributed by atoms with Crippen LogP contribution in [-0.4, -0.2) is 40.7 Å². The molecule has 2 N–H and O–H groups in total. The standard InChI is InChI=1S/C23H27N3O2/c24-19-13-14-25(16-19)23(28)20-11-12-21(27)26(15-17-7-3-1-4-8-17)22(20)18-9-5-2-6-10-18/h1-10,19-20,22H,11-16,24H2/t19-,20?,22?/m1/s1. The second-order valence-electron chi connectivity index (χ2n) is 7.84. The topological polar surface area (TPSA) is 66.6 Å². The molecular weight excluding hydrogens is 350 g/mol. The third-order valence-electron chi connectivity index (χ3n) is 5.90. The van der Waals surface area contributed by atoms with Gasteiger partial charge >= 0.3 is 0 Å². The van der Waals surface area contributed by atoms with Crippen LogP contribution in [0.4, 0.5) is 0 Å². The van der Waals surface area contributed by atoms with Crippen molar-refractivity contribution >= 4 is 11.8 Å². The first kappa shape index (κ1) is 18.7. The van der Waals surface area contributed by atoms with Gasteiger partial charge in [0.05, 0.1) is 12.0 Å². The van der Waals surface area contributed by atoms with Gasteiger partial charge in [-0.2, -0.15) is 0 Å². The SMILES string of the molecule is N[C@@H]1CCN(C(=O)C2CCC(=O)N(Cc3ccccc3)C2c2ccccc2)C1. The number of amides is 2. The Bertz CT molecular complexity index is 824. The lowest BCUT2D eigenvalue weighted by atomic mass is 9.83. The smallest absolute Gasteiger partial charge is 0.228 e. The van der Waals surface area contributed by atoms with Crippen LogP contribution in [0.25, 0.3) is 0 Å². The Kier molecular flexibility index (Phi) is 5.44. The first-order valence-corrected chi connectivity index (χ1v) is 10.1. The second-order valence-corrected chi connectivity index (χ2v) is 7.84. The van der Waals surface area contributed by atoms with Gasteiger partial charge in [-0.1, -0.05) is 60.7 Å². The van der Waals surface area contributed by atoms with Crippen LogP contribution in [0.1, 0.15) is 36.4 Å². The summed E-state index contributed by atoms with van der Waals surface area (Å²) in [5, 5.41) is 0. The maximum Gasteiger partial charge on any atom is 0.228 e. The minimum Gasteiger partial charge on any atom is -0.341 e. The number of benzene rings is 2. The predicted molar refractivity (Wildman–Crippen MR) is 108 cm³/mol. The van der Waals surface area contributed by atoms with Crippen LogP contribution in [0, 0.1) is 5.92 Å². The summed E-state index contributed by atoms with van der Waals surface area (Å²) in [7, 11) is 0. The molecule has 4 rings (SSSR count). The van der Waals surface area contributed by atoms with E-state index in [-0.39, 0.29) is 29.8 Å². The molecule has 2 aliphatic heterocycles. The van der Waals surface area contributed by atoms with Crippen molar-refractivity contribution < 1.29 is 9.59 Å². The lowest BCUT2D eigenvalue weighted by Crippen LogP contribution is -2.48. The van der Waals surface area contributed by atoms with E-state index >= 15 is 0 Å². The number of carbonyl (C=O) groups is 2. The minimum atomic E-state index is -0.244.